The molecule has 1 heterocycles. The molecule has 0 aromatic heterocycles. The molecule has 178 valence electrons. The molecule has 0 aromatic rings. The molecule has 3 atom stereocenters. The molecule has 1 aliphatic heterocycles. The van der Waals surface area contributed by atoms with Crippen LogP contribution in [0.25, 0.3) is 0 Å². The quantitative estimate of drug-likeness (QED) is 0.225. The Bertz CT molecular complexity index is 708. The van der Waals surface area contributed by atoms with E-state index in [4.69, 9.17) is 5.26 Å². The van der Waals surface area contributed by atoms with Gasteiger partial charge < -0.3 is 30.4 Å². The van der Waals surface area contributed by atoms with E-state index >= 15 is 0 Å². The molecule has 0 aliphatic carbocycles. The highest BCUT2D eigenvalue weighted by Gasteiger charge is 2.52. The maximum Gasteiger partial charge on any atom is 0.266 e. The fourth-order valence-corrected chi connectivity index (χ4v) is 3.85. The van der Waals surface area contributed by atoms with E-state index in [9.17, 15) is 30.3 Å². The maximum atomic E-state index is 12.4. The monoisotopic (exact) mass is 444 g/mol. The van der Waals surface area contributed by atoms with Crippen LogP contribution in [0, 0.1) is 17.2 Å². The number of carbonyl (C=O) groups is 1. The lowest BCUT2D eigenvalue weighted by atomic mass is 9.89. The van der Waals surface area contributed by atoms with E-state index in [1.807, 2.05) is 13.8 Å². The molecule has 1 rings (SSSR count). The highest BCUT2D eigenvalue weighted by atomic mass is 16.6. The molecule has 0 saturated carbocycles. The summed E-state index contributed by atoms with van der Waals surface area (Å²) in [4.78, 5) is 20.0. The van der Waals surface area contributed by atoms with Crippen LogP contribution in [0.3, 0.4) is 0 Å². The van der Waals surface area contributed by atoms with Crippen molar-refractivity contribution in [1.29, 1.82) is 5.26 Å². The number of nitrogens with zero attached hydrogens (tertiary/aromatic N) is 5. The number of amides is 1. The number of hydrogen-bond donors (Lipinski definition) is 6. The molecular weight excluding hydrogens is 408 g/mol. The molecule has 3 unspecified atom stereocenters. The molecule has 0 spiro atoms. The first-order valence-corrected chi connectivity index (χ1v) is 10.2. The zero-order valence-electron chi connectivity index (χ0n) is 19.1. The number of nitriles is 1. The third kappa shape index (κ3) is 5.69. The minimum atomic E-state index is -3.04. The summed E-state index contributed by atoms with van der Waals surface area (Å²) in [5.41, 5.74) is -1.06. The average molecular weight is 445 g/mol. The summed E-state index contributed by atoms with van der Waals surface area (Å²) in [6, 6.07) is 1.58. The van der Waals surface area contributed by atoms with E-state index in [2.05, 4.69) is 10.3 Å². The van der Waals surface area contributed by atoms with Crippen LogP contribution in [0.4, 0.5) is 0 Å². The lowest BCUT2D eigenvalue weighted by Gasteiger charge is -2.54. The Morgan fingerprint density at radius 2 is 1.90 bits per heavy atom. The summed E-state index contributed by atoms with van der Waals surface area (Å²) < 4.78 is 0. The summed E-state index contributed by atoms with van der Waals surface area (Å²) in [6.45, 7) is 6.86. The Kier molecular flexibility index (Phi) is 8.93. The first-order chi connectivity index (χ1) is 14.2. The summed E-state index contributed by atoms with van der Waals surface area (Å²) >= 11 is 0. The molecule has 12 heteroatoms. The van der Waals surface area contributed by atoms with Gasteiger partial charge in [0.15, 0.2) is 6.35 Å². The normalized spacial score (nSPS) is 26.3. The van der Waals surface area contributed by atoms with Crippen LogP contribution >= 0.6 is 0 Å². The van der Waals surface area contributed by atoms with Crippen molar-refractivity contribution in [3.05, 3.63) is 0 Å². The fourth-order valence-electron chi connectivity index (χ4n) is 3.85. The summed E-state index contributed by atoms with van der Waals surface area (Å²) in [7, 11) is 3.19. The lowest BCUT2D eigenvalue weighted by Crippen LogP contribution is -2.75. The predicted molar refractivity (Wildman–Crippen MR) is 111 cm³/mol. The fraction of sp³-hybridized carbons (Fsp3) is 0.842. The van der Waals surface area contributed by atoms with E-state index in [-0.39, 0.29) is 23.7 Å². The third-order valence-corrected chi connectivity index (χ3v) is 5.72. The molecule has 1 amide bonds. The van der Waals surface area contributed by atoms with Crippen LogP contribution in [0.5, 0.6) is 0 Å². The lowest BCUT2D eigenvalue weighted by molar-refractivity contribution is -0.374. The SMILES string of the molecule is CCCC(O)(O)N(C(=O)CC#N)C(O)(O)CN(C)C1(C)NC(O)N(C)C(=NCC)C1C. The number of nitrogens with one attached hydrogen (secondary N) is 1. The maximum absolute atomic E-state index is 12.4. The minimum Gasteiger partial charge on any atom is -0.361 e. The van der Waals surface area contributed by atoms with Crippen molar-refractivity contribution in [1.82, 2.24) is 20.0 Å². The Balaban J connectivity index is 3.30. The van der Waals surface area contributed by atoms with Gasteiger partial charge in [0, 0.05) is 25.9 Å². The largest absolute Gasteiger partial charge is 0.361 e. The van der Waals surface area contributed by atoms with Crippen LogP contribution in [0.2, 0.25) is 0 Å². The van der Waals surface area contributed by atoms with Crippen molar-refractivity contribution in [3.8, 4) is 6.07 Å². The van der Waals surface area contributed by atoms with Crippen LogP contribution in [-0.4, -0.2) is 103 Å². The standard InChI is InChI=1S/C19H36N6O6/c1-7-10-18(28,29)25(14(26)9-11-20)19(30,31)12-23(5)17(4)13(3)15(21-8-2)24(6)16(27)22-17/h13,16,22,27-31H,7-10,12H2,1-6H3. The van der Waals surface area contributed by atoms with Crippen molar-refractivity contribution in [2.75, 3.05) is 27.2 Å². The second-order valence-corrected chi connectivity index (χ2v) is 8.05. The molecule has 12 nitrogen and oxygen atoms in total. The van der Waals surface area contributed by atoms with Gasteiger partial charge in [-0.1, -0.05) is 13.8 Å². The third-order valence-electron chi connectivity index (χ3n) is 5.72. The molecule has 0 aromatic carbocycles. The van der Waals surface area contributed by atoms with Gasteiger partial charge in [-0.05, 0) is 27.3 Å². The molecule has 1 saturated heterocycles. The van der Waals surface area contributed by atoms with Crippen molar-refractivity contribution in [3.63, 3.8) is 0 Å². The van der Waals surface area contributed by atoms with Gasteiger partial charge in [-0.2, -0.15) is 5.26 Å². The van der Waals surface area contributed by atoms with Crippen LogP contribution in [0.1, 0.15) is 47.0 Å². The molecule has 1 aliphatic rings. The van der Waals surface area contributed by atoms with Crippen LogP contribution < -0.4 is 5.32 Å². The molecule has 6 N–H and O–H groups in total. The van der Waals surface area contributed by atoms with Crippen molar-refractivity contribution >= 4 is 11.7 Å². The van der Waals surface area contributed by atoms with E-state index in [1.54, 1.807) is 31.9 Å². The molecule has 0 bridgehead atoms. The van der Waals surface area contributed by atoms with Gasteiger partial charge in [-0.3, -0.25) is 20.0 Å². The highest BCUT2D eigenvalue weighted by molar-refractivity contribution is 5.86. The zero-order chi connectivity index (χ0) is 24.2. The molecule has 1 fully saturated rings. The van der Waals surface area contributed by atoms with Gasteiger partial charge in [-0.15, -0.1) is 0 Å². The van der Waals surface area contributed by atoms with E-state index in [0.717, 1.165) is 0 Å². The number of aliphatic hydroxyl groups is 5. The number of carbonyl (C=O) groups excluding carboxylic acids is 1. The first-order valence-electron chi connectivity index (χ1n) is 10.2. The number of amidine groups is 1. The predicted octanol–water partition coefficient (Wildman–Crippen LogP) is -1.68. The first kappa shape index (κ1) is 27.2. The number of hydrogen-bond acceptors (Lipinski definition) is 10. The van der Waals surface area contributed by atoms with Crippen molar-refractivity contribution in [2.24, 2.45) is 10.9 Å². The Labute approximate surface area is 183 Å². The van der Waals surface area contributed by atoms with E-state index in [0.29, 0.717) is 12.4 Å². The van der Waals surface area contributed by atoms with Crippen LogP contribution in [0.15, 0.2) is 4.99 Å². The molecule has 0 radical (unpaired) electrons. The second-order valence-electron chi connectivity index (χ2n) is 8.05. The number of likely N-dealkylation sites (N-methyl/N-ethyl adjacent to an activating group) is 1. The smallest absolute Gasteiger partial charge is 0.266 e. The Morgan fingerprint density at radius 3 is 2.39 bits per heavy atom. The zero-order valence-corrected chi connectivity index (χ0v) is 19.1. The van der Waals surface area contributed by atoms with Gasteiger partial charge in [-0.25, -0.2) is 4.90 Å². The number of rotatable bonds is 9. The molecular formula is C19H36N6O6. The topological polar surface area (TPSA) is 176 Å². The number of aliphatic hydroxyl groups excluding tert-OH is 1. The number of aliphatic imine (C=N–C) groups is 1. The Morgan fingerprint density at radius 1 is 1.32 bits per heavy atom. The van der Waals surface area contributed by atoms with Crippen LogP contribution in [-0.2, 0) is 4.79 Å². The second kappa shape index (κ2) is 10.2. The van der Waals surface area contributed by atoms with Crippen molar-refractivity contribution in [2.45, 2.75) is 70.8 Å². The van der Waals surface area contributed by atoms with Gasteiger partial charge in [0.1, 0.15) is 12.3 Å². The van der Waals surface area contributed by atoms with Gasteiger partial charge in [0.2, 0.25) is 5.91 Å². The van der Waals surface area contributed by atoms with E-state index < -0.39 is 42.7 Å². The van der Waals surface area contributed by atoms with E-state index in [1.165, 1.54) is 11.9 Å². The molecule has 31 heavy (non-hydrogen) atoms. The summed E-state index contributed by atoms with van der Waals surface area (Å²) in [6.07, 6.45) is -2.03. The van der Waals surface area contributed by atoms with Crippen molar-refractivity contribution < 1.29 is 30.3 Å². The van der Waals surface area contributed by atoms with Gasteiger partial charge in [0.25, 0.3) is 11.8 Å². The Hall–Kier alpha value is -1.85. The summed E-state index contributed by atoms with van der Waals surface area (Å²) in [5, 5.41) is 64.6. The highest BCUT2D eigenvalue weighted by Crippen LogP contribution is 2.31. The van der Waals surface area contributed by atoms with Gasteiger partial charge in [0.05, 0.1) is 18.3 Å². The average Bonchev–Trinajstić information content (AvgIpc) is 2.62. The van der Waals surface area contributed by atoms with Gasteiger partial charge >= 0.3 is 0 Å². The summed E-state index contributed by atoms with van der Waals surface area (Å²) in [5.74, 6) is -6.82. The minimum absolute atomic E-state index is 0.115.